The van der Waals surface area contributed by atoms with Gasteiger partial charge in [0.15, 0.2) is 5.96 Å². The molecule has 2 rings (SSSR count). The van der Waals surface area contributed by atoms with Gasteiger partial charge in [-0.3, -0.25) is 4.79 Å². The number of rotatable bonds is 7. The SMILES string of the molecule is CCNC(=NCC(=O)Nc1ccccc1)NCCc1nc(C)c(C)s1. The summed E-state index contributed by atoms with van der Waals surface area (Å²) < 4.78 is 0. The lowest BCUT2D eigenvalue weighted by molar-refractivity contribution is -0.114. The highest BCUT2D eigenvalue weighted by Gasteiger charge is 2.05. The summed E-state index contributed by atoms with van der Waals surface area (Å²) in [5, 5.41) is 10.3. The van der Waals surface area contributed by atoms with Crippen LogP contribution in [-0.2, 0) is 11.2 Å². The van der Waals surface area contributed by atoms with Gasteiger partial charge in [-0.25, -0.2) is 9.98 Å². The van der Waals surface area contributed by atoms with Gasteiger partial charge in [-0.15, -0.1) is 11.3 Å². The Kier molecular flexibility index (Phi) is 7.40. The van der Waals surface area contributed by atoms with E-state index in [1.54, 1.807) is 11.3 Å². The molecule has 0 aliphatic rings. The van der Waals surface area contributed by atoms with E-state index in [0.29, 0.717) is 5.96 Å². The number of anilines is 1. The van der Waals surface area contributed by atoms with Crippen molar-refractivity contribution in [2.75, 3.05) is 25.0 Å². The highest BCUT2D eigenvalue weighted by molar-refractivity contribution is 7.11. The quantitative estimate of drug-likeness (QED) is 0.524. The number of aryl methyl sites for hydroxylation is 2. The third kappa shape index (κ3) is 6.54. The Morgan fingerprint density at radius 1 is 1.20 bits per heavy atom. The first-order valence-corrected chi connectivity index (χ1v) is 9.20. The summed E-state index contributed by atoms with van der Waals surface area (Å²) in [5.41, 5.74) is 1.87. The lowest BCUT2D eigenvalue weighted by atomic mass is 10.3. The number of benzene rings is 1. The second kappa shape index (κ2) is 9.78. The first kappa shape index (κ1) is 18.9. The van der Waals surface area contributed by atoms with Gasteiger partial charge in [0.1, 0.15) is 6.54 Å². The molecule has 1 amide bonds. The van der Waals surface area contributed by atoms with Crippen LogP contribution >= 0.6 is 11.3 Å². The highest BCUT2D eigenvalue weighted by atomic mass is 32.1. The van der Waals surface area contributed by atoms with Crippen LogP contribution in [0.3, 0.4) is 0 Å². The number of amides is 1. The van der Waals surface area contributed by atoms with Crippen molar-refractivity contribution < 1.29 is 4.79 Å². The van der Waals surface area contributed by atoms with E-state index in [9.17, 15) is 4.79 Å². The minimum atomic E-state index is -0.144. The highest BCUT2D eigenvalue weighted by Crippen LogP contribution is 2.16. The zero-order valence-corrected chi connectivity index (χ0v) is 15.7. The molecular weight excluding hydrogens is 334 g/mol. The van der Waals surface area contributed by atoms with E-state index < -0.39 is 0 Å². The number of para-hydroxylation sites is 1. The van der Waals surface area contributed by atoms with E-state index in [-0.39, 0.29) is 12.5 Å². The molecular formula is C18H25N5OS. The van der Waals surface area contributed by atoms with E-state index in [1.165, 1.54) is 4.88 Å². The summed E-state index contributed by atoms with van der Waals surface area (Å²) in [7, 11) is 0. The first-order chi connectivity index (χ1) is 12.1. The molecule has 1 aromatic heterocycles. The Bertz CT molecular complexity index is 692. The van der Waals surface area contributed by atoms with Crippen LogP contribution in [0.25, 0.3) is 0 Å². The van der Waals surface area contributed by atoms with E-state index in [0.717, 1.165) is 35.9 Å². The van der Waals surface area contributed by atoms with Crippen molar-refractivity contribution >= 4 is 28.9 Å². The fourth-order valence-corrected chi connectivity index (χ4v) is 3.08. The van der Waals surface area contributed by atoms with Gasteiger partial charge in [0, 0.05) is 30.1 Å². The van der Waals surface area contributed by atoms with Crippen LogP contribution in [0.5, 0.6) is 0 Å². The summed E-state index contributed by atoms with van der Waals surface area (Å²) >= 11 is 1.72. The van der Waals surface area contributed by atoms with Gasteiger partial charge >= 0.3 is 0 Å². The molecule has 0 atom stereocenters. The lowest BCUT2D eigenvalue weighted by Crippen LogP contribution is -2.39. The maximum absolute atomic E-state index is 12.0. The molecule has 2 aromatic rings. The molecule has 0 aliphatic heterocycles. The van der Waals surface area contributed by atoms with Crippen molar-refractivity contribution in [1.29, 1.82) is 0 Å². The van der Waals surface area contributed by atoms with Crippen LogP contribution in [0.4, 0.5) is 5.69 Å². The Hall–Kier alpha value is -2.41. The normalized spacial score (nSPS) is 11.2. The second-order valence-corrected chi connectivity index (χ2v) is 6.82. The van der Waals surface area contributed by atoms with Gasteiger partial charge in [0.2, 0.25) is 5.91 Å². The number of thiazole rings is 1. The standard InChI is InChI=1S/C18H25N5OS/c1-4-19-18(20-11-10-17-22-13(2)14(3)25-17)21-12-16(24)23-15-8-6-5-7-9-15/h5-9H,4,10-12H2,1-3H3,(H,23,24)(H2,19,20,21). The van der Waals surface area contributed by atoms with Gasteiger partial charge in [0.05, 0.1) is 10.7 Å². The van der Waals surface area contributed by atoms with Crippen LogP contribution in [0.15, 0.2) is 35.3 Å². The van der Waals surface area contributed by atoms with E-state index >= 15 is 0 Å². The van der Waals surface area contributed by atoms with Crippen LogP contribution in [-0.4, -0.2) is 36.5 Å². The van der Waals surface area contributed by atoms with Crippen molar-refractivity contribution in [2.45, 2.75) is 27.2 Å². The average molecular weight is 359 g/mol. The molecule has 3 N–H and O–H groups in total. The number of hydrogen-bond donors (Lipinski definition) is 3. The Balaban J connectivity index is 1.81. The number of nitrogens with zero attached hydrogens (tertiary/aromatic N) is 2. The van der Waals surface area contributed by atoms with Crippen molar-refractivity contribution in [1.82, 2.24) is 15.6 Å². The van der Waals surface area contributed by atoms with E-state index in [4.69, 9.17) is 0 Å². The molecule has 1 aromatic carbocycles. The van der Waals surface area contributed by atoms with Crippen molar-refractivity contribution in [3.8, 4) is 0 Å². The van der Waals surface area contributed by atoms with Gasteiger partial charge in [-0.1, -0.05) is 18.2 Å². The maximum Gasteiger partial charge on any atom is 0.246 e. The molecule has 0 bridgehead atoms. The second-order valence-electron chi connectivity index (χ2n) is 5.54. The van der Waals surface area contributed by atoms with Gasteiger partial charge < -0.3 is 16.0 Å². The summed E-state index contributed by atoms with van der Waals surface area (Å²) in [6.45, 7) is 7.63. The minimum Gasteiger partial charge on any atom is -0.357 e. The fourth-order valence-electron chi connectivity index (χ4n) is 2.15. The van der Waals surface area contributed by atoms with Gasteiger partial charge in [-0.2, -0.15) is 0 Å². The molecule has 7 heteroatoms. The zero-order valence-electron chi connectivity index (χ0n) is 14.9. The van der Waals surface area contributed by atoms with Crippen molar-refractivity contribution in [3.63, 3.8) is 0 Å². The molecule has 0 spiro atoms. The third-order valence-corrected chi connectivity index (χ3v) is 4.62. The van der Waals surface area contributed by atoms with Crippen LogP contribution in [0.1, 0.15) is 22.5 Å². The number of nitrogens with one attached hydrogen (secondary N) is 3. The average Bonchev–Trinajstić information content (AvgIpc) is 2.91. The predicted molar refractivity (Wildman–Crippen MR) is 104 cm³/mol. The first-order valence-electron chi connectivity index (χ1n) is 8.38. The molecule has 0 saturated carbocycles. The molecule has 134 valence electrons. The molecule has 0 aliphatic carbocycles. The Morgan fingerprint density at radius 2 is 1.96 bits per heavy atom. The van der Waals surface area contributed by atoms with Crippen LogP contribution < -0.4 is 16.0 Å². The topological polar surface area (TPSA) is 78.4 Å². The van der Waals surface area contributed by atoms with Crippen molar-refractivity contribution in [2.24, 2.45) is 4.99 Å². The minimum absolute atomic E-state index is 0.0691. The molecule has 1 heterocycles. The smallest absolute Gasteiger partial charge is 0.246 e. The van der Waals surface area contributed by atoms with Crippen molar-refractivity contribution in [3.05, 3.63) is 45.9 Å². The van der Waals surface area contributed by atoms with Gasteiger partial charge in [-0.05, 0) is 32.9 Å². The fraction of sp³-hybridized carbons (Fsp3) is 0.389. The molecule has 25 heavy (non-hydrogen) atoms. The molecule has 0 saturated heterocycles. The Labute approximate surface area is 152 Å². The van der Waals surface area contributed by atoms with Gasteiger partial charge in [0.25, 0.3) is 0 Å². The molecule has 6 nitrogen and oxygen atoms in total. The zero-order chi connectivity index (χ0) is 18.1. The largest absolute Gasteiger partial charge is 0.357 e. The number of carbonyl (C=O) groups is 1. The summed E-state index contributed by atoms with van der Waals surface area (Å²) in [4.78, 5) is 22.1. The summed E-state index contributed by atoms with van der Waals surface area (Å²) in [6.07, 6.45) is 0.833. The number of carbonyl (C=O) groups excluding carboxylic acids is 1. The third-order valence-electron chi connectivity index (χ3n) is 3.49. The number of hydrogen-bond acceptors (Lipinski definition) is 4. The monoisotopic (exact) mass is 359 g/mol. The Morgan fingerprint density at radius 3 is 2.60 bits per heavy atom. The summed E-state index contributed by atoms with van der Waals surface area (Å²) in [6, 6.07) is 9.37. The van der Waals surface area contributed by atoms with Crippen LogP contribution in [0, 0.1) is 13.8 Å². The molecule has 0 fully saturated rings. The maximum atomic E-state index is 12.0. The van der Waals surface area contributed by atoms with E-state index in [2.05, 4.69) is 32.9 Å². The molecule has 0 unspecified atom stereocenters. The van der Waals surface area contributed by atoms with Crippen LogP contribution in [0.2, 0.25) is 0 Å². The summed E-state index contributed by atoms with van der Waals surface area (Å²) in [5.74, 6) is 0.491. The number of aromatic nitrogens is 1. The van der Waals surface area contributed by atoms with E-state index in [1.807, 2.05) is 44.2 Å². The predicted octanol–water partition coefficient (Wildman–Crippen LogP) is 2.50. The lowest BCUT2D eigenvalue weighted by Gasteiger charge is -2.10. The number of aliphatic imine (C=N–C) groups is 1. The number of guanidine groups is 1. The molecule has 0 radical (unpaired) electrons.